The van der Waals surface area contributed by atoms with Gasteiger partial charge in [-0.05, 0) is 39.3 Å². The summed E-state index contributed by atoms with van der Waals surface area (Å²) in [7, 11) is 0. The van der Waals surface area contributed by atoms with Crippen LogP contribution >= 0.6 is 0 Å². The maximum atomic E-state index is 12.0. The Kier molecular flexibility index (Phi) is 6.01. The van der Waals surface area contributed by atoms with Gasteiger partial charge in [-0.25, -0.2) is 4.79 Å². The molecule has 0 aromatic heterocycles. The molecule has 7 nitrogen and oxygen atoms in total. The Bertz CT molecular complexity index is 640. The molecule has 1 heterocycles. The van der Waals surface area contributed by atoms with E-state index in [9.17, 15) is 14.4 Å². The van der Waals surface area contributed by atoms with E-state index < -0.39 is 11.6 Å². The lowest BCUT2D eigenvalue weighted by Gasteiger charge is -2.15. The highest BCUT2D eigenvalue weighted by Crippen LogP contribution is 2.17. The van der Waals surface area contributed by atoms with Crippen molar-refractivity contribution >= 4 is 17.8 Å². The van der Waals surface area contributed by atoms with E-state index in [2.05, 4.69) is 10.6 Å². The van der Waals surface area contributed by atoms with E-state index in [0.717, 1.165) is 16.2 Å². The van der Waals surface area contributed by atoms with Gasteiger partial charge in [-0.2, -0.15) is 0 Å². The Morgan fingerprint density at radius 2 is 1.92 bits per heavy atom. The average molecular weight is 347 g/mol. The zero-order chi connectivity index (χ0) is 18.4. The number of nitrogens with one attached hydrogen (secondary N) is 2. The predicted octanol–water partition coefficient (Wildman–Crippen LogP) is 1.60. The summed E-state index contributed by atoms with van der Waals surface area (Å²) in [6.07, 6.45) is 0.682. The lowest BCUT2D eigenvalue weighted by molar-refractivity contribution is -0.130. The third-order valence-electron chi connectivity index (χ3n) is 3.94. The summed E-state index contributed by atoms with van der Waals surface area (Å²) in [6.45, 7) is 6.35. The molecule has 4 amide bonds. The summed E-state index contributed by atoms with van der Waals surface area (Å²) in [5.74, 6) is 0.379. The van der Waals surface area contributed by atoms with Gasteiger partial charge < -0.3 is 15.4 Å². The van der Waals surface area contributed by atoms with E-state index in [1.54, 1.807) is 13.8 Å². The van der Waals surface area contributed by atoms with E-state index in [4.69, 9.17) is 4.74 Å². The normalized spacial score (nSPS) is 15.9. The number of hydrogen-bond acceptors (Lipinski definition) is 4. The van der Waals surface area contributed by atoms with Gasteiger partial charge in [0.1, 0.15) is 17.9 Å². The molecule has 136 valence electrons. The predicted molar refractivity (Wildman–Crippen MR) is 93.2 cm³/mol. The van der Waals surface area contributed by atoms with Gasteiger partial charge in [0.15, 0.2) is 0 Å². The number of nitrogens with zero attached hydrogens (tertiary/aromatic N) is 1. The number of carbonyl (C=O) groups is 3. The Hall–Kier alpha value is -2.57. The number of rotatable bonds is 8. The summed E-state index contributed by atoms with van der Waals surface area (Å²) >= 11 is 0. The molecule has 0 unspecified atom stereocenters. The van der Waals surface area contributed by atoms with Crippen LogP contribution < -0.4 is 15.4 Å². The summed E-state index contributed by atoms with van der Waals surface area (Å²) in [5.41, 5.74) is 0.293. The molecule has 0 saturated carbocycles. The molecule has 0 spiro atoms. The second-order valence-electron chi connectivity index (χ2n) is 6.63. The van der Waals surface area contributed by atoms with E-state index in [1.165, 1.54) is 0 Å². The third-order valence-corrected chi connectivity index (χ3v) is 3.94. The van der Waals surface area contributed by atoms with Crippen LogP contribution in [0.4, 0.5) is 4.79 Å². The minimum atomic E-state index is -0.868. The van der Waals surface area contributed by atoms with Crippen molar-refractivity contribution < 1.29 is 19.1 Å². The monoisotopic (exact) mass is 347 g/mol. The first-order chi connectivity index (χ1) is 11.8. The van der Waals surface area contributed by atoms with Crippen LogP contribution in [0.2, 0.25) is 0 Å². The second-order valence-corrected chi connectivity index (χ2v) is 6.63. The maximum absolute atomic E-state index is 12.0. The molecule has 0 atom stereocenters. The summed E-state index contributed by atoms with van der Waals surface area (Å²) in [6, 6.07) is 7.30. The zero-order valence-corrected chi connectivity index (χ0v) is 14.9. The lowest BCUT2D eigenvalue weighted by atomic mass is 10.1. The van der Waals surface area contributed by atoms with Gasteiger partial charge in [-0.3, -0.25) is 14.5 Å². The highest BCUT2D eigenvalue weighted by Gasteiger charge is 2.43. The van der Waals surface area contributed by atoms with Crippen LogP contribution in [0.1, 0.15) is 32.3 Å². The Labute approximate surface area is 147 Å². The number of urea groups is 1. The van der Waals surface area contributed by atoms with Gasteiger partial charge in [-0.15, -0.1) is 0 Å². The number of aryl methyl sites for hydroxylation is 1. The van der Waals surface area contributed by atoms with Crippen LogP contribution in [0.5, 0.6) is 5.75 Å². The highest BCUT2D eigenvalue weighted by molar-refractivity contribution is 6.06. The number of benzene rings is 1. The van der Waals surface area contributed by atoms with Gasteiger partial charge >= 0.3 is 6.03 Å². The molecular formula is C18H25N3O4. The number of ether oxygens (including phenoxy) is 1. The fourth-order valence-electron chi connectivity index (χ4n) is 2.50. The highest BCUT2D eigenvalue weighted by atomic mass is 16.5. The molecule has 1 aromatic rings. The van der Waals surface area contributed by atoms with Gasteiger partial charge in [0.2, 0.25) is 5.91 Å². The summed E-state index contributed by atoms with van der Waals surface area (Å²) < 4.78 is 5.53. The number of hydrogen-bond donors (Lipinski definition) is 2. The van der Waals surface area contributed by atoms with Gasteiger partial charge in [-0.1, -0.05) is 17.7 Å². The minimum absolute atomic E-state index is 0.126. The van der Waals surface area contributed by atoms with Crippen molar-refractivity contribution in [3.63, 3.8) is 0 Å². The molecule has 0 bridgehead atoms. The molecule has 2 N–H and O–H groups in total. The Morgan fingerprint density at radius 3 is 2.52 bits per heavy atom. The SMILES string of the molecule is Cc1ccc(OCCNC(=O)CCCN2C(=O)NC(C)(C)C2=O)cc1. The molecule has 1 aliphatic heterocycles. The van der Waals surface area contributed by atoms with Crippen molar-refractivity contribution in [1.82, 2.24) is 15.5 Å². The molecule has 2 rings (SSSR count). The average Bonchev–Trinajstić information content (AvgIpc) is 2.75. The molecule has 0 radical (unpaired) electrons. The first-order valence-electron chi connectivity index (χ1n) is 8.40. The van der Waals surface area contributed by atoms with Crippen LogP contribution in [0.15, 0.2) is 24.3 Å². The third kappa shape index (κ3) is 5.20. The van der Waals surface area contributed by atoms with Crippen molar-refractivity contribution in [2.24, 2.45) is 0 Å². The zero-order valence-electron chi connectivity index (χ0n) is 14.9. The first kappa shape index (κ1) is 18.8. The molecule has 1 fully saturated rings. The standard InChI is InChI=1S/C18H25N3O4/c1-13-6-8-14(9-7-13)25-12-10-19-15(22)5-4-11-21-16(23)18(2,3)20-17(21)24/h6-9H,4-5,10-12H2,1-3H3,(H,19,22)(H,20,24). The van der Waals surface area contributed by atoms with Gasteiger partial charge in [0, 0.05) is 13.0 Å². The summed E-state index contributed by atoms with van der Waals surface area (Å²) in [5, 5.41) is 5.37. The smallest absolute Gasteiger partial charge is 0.325 e. The van der Waals surface area contributed by atoms with E-state index in [0.29, 0.717) is 19.6 Å². The molecule has 1 aliphatic rings. The maximum Gasteiger partial charge on any atom is 0.325 e. The fourth-order valence-corrected chi connectivity index (χ4v) is 2.50. The van der Waals surface area contributed by atoms with Gasteiger partial charge in [0.05, 0.1) is 6.54 Å². The molecular weight excluding hydrogens is 322 g/mol. The summed E-state index contributed by atoms with van der Waals surface area (Å²) in [4.78, 5) is 36.7. The van der Waals surface area contributed by atoms with Crippen LogP contribution in [0.3, 0.4) is 0 Å². The molecule has 25 heavy (non-hydrogen) atoms. The molecule has 0 aliphatic carbocycles. The van der Waals surface area contributed by atoms with Gasteiger partial charge in [0.25, 0.3) is 5.91 Å². The van der Waals surface area contributed by atoms with E-state index in [1.807, 2.05) is 31.2 Å². The van der Waals surface area contributed by atoms with Crippen molar-refractivity contribution in [3.8, 4) is 5.75 Å². The van der Waals surface area contributed by atoms with Crippen LogP contribution in [-0.2, 0) is 9.59 Å². The van der Waals surface area contributed by atoms with Crippen molar-refractivity contribution in [2.75, 3.05) is 19.7 Å². The van der Waals surface area contributed by atoms with Crippen LogP contribution in [0.25, 0.3) is 0 Å². The van der Waals surface area contributed by atoms with Crippen LogP contribution in [-0.4, -0.2) is 48.0 Å². The Morgan fingerprint density at radius 1 is 1.24 bits per heavy atom. The van der Waals surface area contributed by atoms with Crippen molar-refractivity contribution in [1.29, 1.82) is 0 Å². The molecule has 7 heteroatoms. The minimum Gasteiger partial charge on any atom is -0.492 e. The van der Waals surface area contributed by atoms with E-state index >= 15 is 0 Å². The van der Waals surface area contributed by atoms with E-state index in [-0.39, 0.29) is 24.8 Å². The number of imide groups is 1. The molecule has 1 aromatic carbocycles. The largest absolute Gasteiger partial charge is 0.492 e. The number of carbonyl (C=O) groups excluding carboxylic acids is 3. The second kappa shape index (κ2) is 8.00. The van der Waals surface area contributed by atoms with Crippen LogP contribution in [0, 0.1) is 6.92 Å². The topological polar surface area (TPSA) is 87.7 Å². The molecule has 1 saturated heterocycles. The number of amides is 4. The fraction of sp³-hybridized carbons (Fsp3) is 0.500. The quantitative estimate of drug-likeness (QED) is 0.552. The van der Waals surface area contributed by atoms with Crippen molar-refractivity contribution in [3.05, 3.63) is 29.8 Å². The lowest BCUT2D eigenvalue weighted by Crippen LogP contribution is -2.40. The van der Waals surface area contributed by atoms with Crippen molar-refractivity contribution in [2.45, 2.75) is 39.2 Å². The Balaban J connectivity index is 1.60. The first-order valence-corrected chi connectivity index (χ1v) is 8.40.